The third-order valence-corrected chi connectivity index (χ3v) is 4.99. The molecule has 1 amide bonds. The first-order valence-corrected chi connectivity index (χ1v) is 8.20. The third-order valence-electron chi connectivity index (χ3n) is 3.64. The van der Waals surface area contributed by atoms with Gasteiger partial charge in [0.05, 0.1) is 5.56 Å². The number of carboxylic acids is 1. The van der Waals surface area contributed by atoms with Crippen LogP contribution in [0.3, 0.4) is 0 Å². The van der Waals surface area contributed by atoms with Crippen molar-refractivity contribution in [2.75, 3.05) is 12.4 Å². The van der Waals surface area contributed by atoms with Gasteiger partial charge >= 0.3 is 5.97 Å². The molecule has 6 heteroatoms. The number of carbonyl (C=O) groups excluding carboxylic acids is 1. The molecule has 5 nitrogen and oxygen atoms in total. The van der Waals surface area contributed by atoms with Crippen molar-refractivity contribution in [2.45, 2.75) is 26.8 Å². The number of carboxylic acid groups (broad SMARTS) is 1. The van der Waals surface area contributed by atoms with Crippen LogP contribution in [0.15, 0.2) is 24.3 Å². The van der Waals surface area contributed by atoms with Crippen molar-refractivity contribution in [1.82, 2.24) is 5.32 Å². The number of hydrogen-bond acceptors (Lipinski definition) is 4. The van der Waals surface area contributed by atoms with Crippen molar-refractivity contribution < 1.29 is 14.7 Å². The summed E-state index contributed by atoms with van der Waals surface area (Å²) in [7, 11) is 1.81. The van der Waals surface area contributed by atoms with E-state index in [2.05, 4.69) is 10.6 Å². The van der Waals surface area contributed by atoms with Crippen molar-refractivity contribution >= 4 is 28.2 Å². The maximum absolute atomic E-state index is 12.6. The molecule has 1 aromatic carbocycles. The molecule has 0 radical (unpaired) electrons. The summed E-state index contributed by atoms with van der Waals surface area (Å²) < 4.78 is 0. The largest absolute Gasteiger partial charge is 0.478 e. The zero-order valence-electron chi connectivity index (χ0n) is 13.4. The Bertz CT molecular complexity index is 737. The van der Waals surface area contributed by atoms with E-state index in [9.17, 15) is 14.7 Å². The van der Waals surface area contributed by atoms with Gasteiger partial charge in [-0.25, -0.2) is 4.79 Å². The number of benzene rings is 1. The molecule has 0 aliphatic rings. The predicted molar refractivity (Wildman–Crippen MR) is 92.6 cm³/mol. The van der Waals surface area contributed by atoms with Gasteiger partial charge in [-0.15, -0.1) is 11.3 Å². The van der Waals surface area contributed by atoms with Gasteiger partial charge in [-0.3, -0.25) is 4.79 Å². The zero-order chi connectivity index (χ0) is 17.0. The monoisotopic (exact) mass is 332 g/mol. The second-order valence-corrected chi connectivity index (χ2v) is 6.26. The highest BCUT2D eigenvalue weighted by atomic mass is 32.1. The van der Waals surface area contributed by atoms with Gasteiger partial charge in [-0.05, 0) is 37.6 Å². The Morgan fingerprint density at radius 2 is 1.96 bits per heavy atom. The van der Waals surface area contributed by atoms with Gasteiger partial charge in [-0.2, -0.15) is 0 Å². The number of rotatable bonds is 6. The number of aryl methyl sites for hydroxylation is 1. The van der Waals surface area contributed by atoms with Gasteiger partial charge in [0.1, 0.15) is 5.00 Å². The van der Waals surface area contributed by atoms with E-state index in [1.54, 1.807) is 19.1 Å². The normalized spacial score (nSPS) is 10.6. The minimum atomic E-state index is -1.02. The molecular formula is C17H20N2O3S. The molecule has 0 fully saturated rings. The lowest BCUT2D eigenvalue weighted by molar-refractivity contribution is 0.0697. The Hall–Kier alpha value is -2.18. The molecule has 0 unspecified atom stereocenters. The Balaban J connectivity index is 2.36. The Morgan fingerprint density at radius 3 is 2.57 bits per heavy atom. The average molecular weight is 332 g/mol. The van der Waals surface area contributed by atoms with Crippen molar-refractivity contribution in [3.63, 3.8) is 0 Å². The van der Waals surface area contributed by atoms with Crippen molar-refractivity contribution in [3.05, 3.63) is 51.4 Å². The second kappa shape index (κ2) is 7.39. The van der Waals surface area contributed by atoms with Gasteiger partial charge < -0.3 is 15.7 Å². The highest BCUT2D eigenvalue weighted by molar-refractivity contribution is 7.17. The summed E-state index contributed by atoms with van der Waals surface area (Å²) in [6.07, 6.45) is 0.739. The fourth-order valence-corrected chi connectivity index (χ4v) is 3.63. The molecule has 2 rings (SSSR count). The Morgan fingerprint density at radius 1 is 1.26 bits per heavy atom. The lowest BCUT2D eigenvalue weighted by Crippen LogP contribution is -2.17. The van der Waals surface area contributed by atoms with E-state index in [1.165, 1.54) is 11.3 Å². The van der Waals surface area contributed by atoms with Crippen LogP contribution in [-0.4, -0.2) is 24.0 Å². The maximum atomic E-state index is 12.6. The molecule has 3 N–H and O–H groups in total. The van der Waals surface area contributed by atoms with Crippen LogP contribution >= 0.6 is 11.3 Å². The van der Waals surface area contributed by atoms with Gasteiger partial charge in [0.25, 0.3) is 5.91 Å². The number of thiophene rings is 1. The first-order valence-electron chi connectivity index (χ1n) is 7.39. The summed E-state index contributed by atoms with van der Waals surface area (Å²) in [5, 5.41) is 15.6. The predicted octanol–water partition coefficient (Wildman–Crippen LogP) is 3.29. The molecule has 0 atom stereocenters. The highest BCUT2D eigenvalue weighted by Crippen LogP contribution is 2.33. The molecule has 0 saturated carbocycles. The lowest BCUT2D eigenvalue weighted by atomic mass is 10.1. The second-order valence-electron chi connectivity index (χ2n) is 5.15. The van der Waals surface area contributed by atoms with Crippen LogP contribution in [-0.2, 0) is 13.0 Å². The van der Waals surface area contributed by atoms with Crippen molar-refractivity contribution in [2.24, 2.45) is 0 Å². The van der Waals surface area contributed by atoms with E-state index in [0.717, 1.165) is 22.4 Å². The fraction of sp³-hybridized carbons (Fsp3) is 0.294. The standard InChI is InChI=1S/C17H20N2O3S/c1-4-13-10(2)14(17(21)22)16(23-13)19-15(20)12-8-6-5-7-11(12)9-18-3/h5-8,18H,4,9H2,1-3H3,(H,19,20)(H,21,22). The third kappa shape index (κ3) is 3.60. The summed E-state index contributed by atoms with van der Waals surface area (Å²) in [6, 6.07) is 7.28. The van der Waals surface area contributed by atoms with Gasteiger partial charge in [0.2, 0.25) is 0 Å². The van der Waals surface area contributed by atoms with E-state index in [4.69, 9.17) is 0 Å². The van der Waals surface area contributed by atoms with E-state index >= 15 is 0 Å². The number of amides is 1. The molecule has 0 spiro atoms. The number of anilines is 1. The summed E-state index contributed by atoms with van der Waals surface area (Å²) in [5.74, 6) is -1.31. The Labute approximate surface area is 139 Å². The van der Waals surface area contributed by atoms with Gasteiger partial charge in [0, 0.05) is 17.0 Å². The summed E-state index contributed by atoms with van der Waals surface area (Å²) in [6.45, 7) is 4.32. The van der Waals surface area contributed by atoms with Crippen LogP contribution in [0.2, 0.25) is 0 Å². The van der Waals surface area contributed by atoms with Crippen LogP contribution in [0.4, 0.5) is 5.00 Å². The smallest absolute Gasteiger partial charge is 0.338 e. The van der Waals surface area contributed by atoms with Gasteiger partial charge in [-0.1, -0.05) is 25.1 Å². The molecule has 1 heterocycles. The van der Waals surface area contributed by atoms with Crippen LogP contribution in [0.25, 0.3) is 0 Å². The Kier molecular flexibility index (Phi) is 5.52. The number of hydrogen-bond donors (Lipinski definition) is 3. The number of carbonyl (C=O) groups is 2. The van der Waals surface area contributed by atoms with Crippen molar-refractivity contribution in [1.29, 1.82) is 0 Å². The molecule has 0 bridgehead atoms. The van der Waals surface area contributed by atoms with Crippen LogP contribution in [0.5, 0.6) is 0 Å². The molecule has 122 valence electrons. The minimum Gasteiger partial charge on any atom is -0.478 e. The molecular weight excluding hydrogens is 312 g/mol. The van der Waals surface area contributed by atoms with E-state index in [1.807, 2.05) is 26.1 Å². The molecule has 2 aromatic rings. The molecule has 1 aromatic heterocycles. The van der Waals surface area contributed by atoms with Crippen LogP contribution in [0, 0.1) is 6.92 Å². The molecule has 0 aliphatic heterocycles. The van der Waals surface area contributed by atoms with Gasteiger partial charge in [0.15, 0.2) is 0 Å². The minimum absolute atomic E-state index is 0.186. The van der Waals surface area contributed by atoms with Crippen molar-refractivity contribution in [3.8, 4) is 0 Å². The number of nitrogens with one attached hydrogen (secondary N) is 2. The van der Waals surface area contributed by atoms with E-state index < -0.39 is 5.97 Å². The van der Waals surface area contributed by atoms with Crippen LogP contribution < -0.4 is 10.6 Å². The topological polar surface area (TPSA) is 78.4 Å². The van der Waals surface area contributed by atoms with Crippen LogP contribution in [0.1, 0.15) is 43.6 Å². The average Bonchev–Trinajstić information content (AvgIpc) is 2.83. The first-order chi connectivity index (χ1) is 11.0. The summed E-state index contributed by atoms with van der Waals surface area (Å²) in [4.78, 5) is 25.0. The summed E-state index contributed by atoms with van der Waals surface area (Å²) >= 11 is 1.33. The lowest BCUT2D eigenvalue weighted by Gasteiger charge is -2.09. The first kappa shape index (κ1) is 17.2. The summed E-state index contributed by atoms with van der Waals surface area (Å²) in [5.41, 5.74) is 2.32. The molecule has 0 saturated heterocycles. The SMILES string of the molecule is CCc1sc(NC(=O)c2ccccc2CNC)c(C(=O)O)c1C. The zero-order valence-corrected chi connectivity index (χ0v) is 14.2. The molecule has 23 heavy (non-hydrogen) atoms. The maximum Gasteiger partial charge on any atom is 0.338 e. The number of aromatic carboxylic acids is 1. The van der Waals surface area contributed by atoms with E-state index in [0.29, 0.717) is 17.1 Å². The molecule has 0 aliphatic carbocycles. The van der Waals surface area contributed by atoms with E-state index in [-0.39, 0.29) is 11.5 Å². The fourth-order valence-electron chi connectivity index (χ4n) is 2.50. The highest BCUT2D eigenvalue weighted by Gasteiger charge is 2.22. The quantitative estimate of drug-likeness (QED) is 0.758.